The standard InChI is InChI=1S/C5H7N3O2S/c1-3-6-5(8-7-3)11-2-4(9)10/h2H2,1H3,(H,9,10)(H,6,7,8)/p-1. The molecule has 5 nitrogen and oxygen atoms in total. The molecule has 1 rings (SSSR count). The number of thioether (sulfide) groups is 1. The third kappa shape index (κ3) is 2.58. The number of nitrogens with zero attached hydrogens (tertiary/aromatic N) is 2. The number of carbonyl (C=O) groups is 1. The number of rotatable bonds is 3. The first-order valence-electron chi connectivity index (χ1n) is 2.90. The van der Waals surface area contributed by atoms with Gasteiger partial charge >= 0.3 is 0 Å². The number of aryl methyl sites for hydroxylation is 1. The quantitative estimate of drug-likeness (QED) is 0.588. The minimum Gasteiger partial charge on any atom is -0.549 e. The number of carboxylic acid groups (broad SMARTS) is 1. The number of hydrogen-bond acceptors (Lipinski definition) is 5. The topological polar surface area (TPSA) is 81.7 Å². The summed E-state index contributed by atoms with van der Waals surface area (Å²) in [7, 11) is 0. The van der Waals surface area contributed by atoms with E-state index in [1.54, 1.807) is 6.92 Å². The van der Waals surface area contributed by atoms with Gasteiger partial charge < -0.3 is 9.90 Å². The van der Waals surface area contributed by atoms with E-state index in [-0.39, 0.29) is 5.75 Å². The molecule has 1 aromatic rings. The molecule has 0 fully saturated rings. The van der Waals surface area contributed by atoms with Gasteiger partial charge in [0.2, 0.25) is 5.16 Å². The van der Waals surface area contributed by atoms with Crippen molar-refractivity contribution in [2.75, 3.05) is 5.75 Å². The summed E-state index contributed by atoms with van der Waals surface area (Å²) >= 11 is 1.03. The number of carbonyl (C=O) groups excluding carboxylic acids is 1. The van der Waals surface area contributed by atoms with Crippen LogP contribution in [0, 0.1) is 6.92 Å². The van der Waals surface area contributed by atoms with Crippen LogP contribution < -0.4 is 5.11 Å². The number of H-pyrrole nitrogens is 1. The van der Waals surface area contributed by atoms with E-state index in [1.165, 1.54) is 0 Å². The molecule has 11 heavy (non-hydrogen) atoms. The number of nitrogens with one attached hydrogen (secondary N) is 1. The van der Waals surface area contributed by atoms with Crippen LogP contribution in [0.3, 0.4) is 0 Å². The maximum Gasteiger partial charge on any atom is 0.208 e. The number of aliphatic carboxylic acids is 1. The van der Waals surface area contributed by atoms with Gasteiger partial charge in [-0.05, 0) is 6.92 Å². The molecule has 1 N–H and O–H groups in total. The Kier molecular flexibility index (Phi) is 2.48. The van der Waals surface area contributed by atoms with Crippen molar-refractivity contribution >= 4 is 17.7 Å². The normalized spacial score (nSPS) is 9.91. The number of aromatic amines is 1. The van der Waals surface area contributed by atoms with Crippen molar-refractivity contribution in [1.29, 1.82) is 0 Å². The van der Waals surface area contributed by atoms with E-state index in [9.17, 15) is 9.90 Å². The van der Waals surface area contributed by atoms with Gasteiger partial charge in [-0.15, -0.1) is 5.10 Å². The van der Waals surface area contributed by atoms with E-state index in [0.717, 1.165) is 11.8 Å². The zero-order valence-corrected chi connectivity index (χ0v) is 6.64. The molecule has 0 spiro atoms. The second-order valence-electron chi connectivity index (χ2n) is 1.86. The summed E-state index contributed by atoms with van der Waals surface area (Å²) in [6.45, 7) is 1.75. The fourth-order valence-corrected chi connectivity index (χ4v) is 1.07. The molecule has 0 aliphatic rings. The molecular formula is C5H6N3O2S-. The van der Waals surface area contributed by atoms with Crippen molar-refractivity contribution in [3.8, 4) is 0 Å². The summed E-state index contributed by atoms with van der Waals surface area (Å²) in [6, 6.07) is 0. The molecule has 0 atom stereocenters. The second-order valence-corrected chi connectivity index (χ2v) is 2.81. The first-order valence-corrected chi connectivity index (χ1v) is 3.88. The average molecular weight is 172 g/mol. The Labute approximate surface area is 67.2 Å². The highest BCUT2D eigenvalue weighted by atomic mass is 32.2. The monoisotopic (exact) mass is 172 g/mol. The van der Waals surface area contributed by atoms with Crippen LogP contribution in [0.4, 0.5) is 0 Å². The maximum absolute atomic E-state index is 9.98. The molecule has 0 unspecified atom stereocenters. The van der Waals surface area contributed by atoms with Crippen LogP contribution >= 0.6 is 11.8 Å². The Morgan fingerprint density at radius 3 is 3.00 bits per heavy atom. The van der Waals surface area contributed by atoms with Gasteiger partial charge in [0.15, 0.2) is 0 Å². The van der Waals surface area contributed by atoms with Gasteiger partial charge in [-0.1, -0.05) is 11.8 Å². The van der Waals surface area contributed by atoms with E-state index >= 15 is 0 Å². The van der Waals surface area contributed by atoms with Gasteiger partial charge in [0.25, 0.3) is 0 Å². The lowest BCUT2D eigenvalue weighted by Gasteiger charge is -1.95. The summed E-state index contributed by atoms with van der Waals surface area (Å²) in [5.74, 6) is -0.555. The fourth-order valence-electron chi connectivity index (χ4n) is 0.510. The number of carboxylic acids is 1. The summed E-state index contributed by atoms with van der Waals surface area (Å²) in [5, 5.41) is 16.7. The van der Waals surface area contributed by atoms with Crippen molar-refractivity contribution in [3.63, 3.8) is 0 Å². The predicted octanol–water partition coefficient (Wildman–Crippen LogP) is -1.04. The Bertz CT molecular complexity index is 260. The average Bonchev–Trinajstić information content (AvgIpc) is 2.31. The first-order chi connectivity index (χ1) is 5.18. The highest BCUT2D eigenvalue weighted by Gasteiger charge is 1.98. The van der Waals surface area contributed by atoms with Gasteiger partial charge in [-0.3, -0.25) is 5.10 Å². The molecule has 1 heterocycles. The van der Waals surface area contributed by atoms with Crippen molar-refractivity contribution in [3.05, 3.63) is 5.82 Å². The van der Waals surface area contributed by atoms with E-state index < -0.39 is 5.97 Å². The summed E-state index contributed by atoms with van der Waals surface area (Å²) in [6.07, 6.45) is 0. The zero-order chi connectivity index (χ0) is 8.27. The van der Waals surface area contributed by atoms with Crippen LogP contribution in [-0.2, 0) is 4.79 Å². The summed E-state index contributed by atoms with van der Waals surface area (Å²) in [5.41, 5.74) is 0. The Morgan fingerprint density at radius 2 is 2.55 bits per heavy atom. The Morgan fingerprint density at radius 1 is 1.82 bits per heavy atom. The molecule has 0 radical (unpaired) electrons. The minimum absolute atomic E-state index is 0.114. The molecule has 0 amide bonds. The van der Waals surface area contributed by atoms with Crippen LogP contribution in [0.1, 0.15) is 5.82 Å². The molecular weight excluding hydrogens is 166 g/mol. The molecule has 0 aliphatic carbocycles. The lowest BCUT2D eigenvalue weighted by Crippen LogP contribution is -2.24. The van der Waals surface area contributed by atoms with Crippen molar-refractivity contribution in [2.24, 2.45) is 0 Å². The minimum atomic E-state index is -1.11. The van der Waals surface area contributed by atoms with Gasteiger partial charge in [-0.2, -0.15) is 0 Å². The van der Waals surface area contributed by atoms with Gasteiger partial charge in [0.1, 0.15) is 5.82 Å². The highest BCUT2D eigenvalue weighted by Crippen LogP contribution is 2.10. The van der Waals surface area contributed by atoms with Crippen molar-refractivity contribution < 1.29 is 9.90 Å². The number of hydrogen-bond donors (Lipinski definition) is 1. The zero-order valence-electron chi connectivity index (χ0n) is 5.83. The van der Waals surface area contributed by atoms with E-state index in [0.29, 0.717) is 11.0 Å². The lowest BCUT2D eigenvalue weighted by atomic mass is 10.8. The van der Waals surface area contributed by atoms with Crippen LogP contribution in [0.15, 0.2) is 5.16 Å². The van der Waals surface area contributed by atoms with Crippen molar-refractivity contribution in [2.45, 2.75) is 12.1 Å². The largest absolute Gasteiger partial charge is 0.549 e. The predicted molar refractivity (Wildman–Crippen MR) is 36.9 cm³/mol. The van der Waals surface area contributed by atoms with E-state index in [2.05, 4.69) is 15.2 Å². The van der Waals surface area contributed by atoms with Crippen LogP contribution in [0.25, 0.3) is 0 Å². The van der Waals surface area contributed by atoms with Gasteiger partial charge in [-0.25, -0.2) is 4.98 Å². The Balaban J connectivity index is 2.45. The third-order valence-corrected chi connectivity index (χ3v) is 1.72. The molecule has 6 heteroatoms. The first kappa shape index (κ1) is 8.06. The molecule has 0 aromatic carbocycles. The van der Waals surface area contributed by atoms with Crippen LogP contribution in [0.2, 0.25) is 0 Å². The lowest BCUT2D eigenvalue weighted by molar-refractivity contribution is -0.301. The van der Waals surface area contributed by atoms with E-state index in [4.69, 9.17) is 0 Å². The highest BCUT2D eigenvalue weighted by molar-refractivity contribution is 7.99. The molecule has 0 aliphatic heterocycles. The second kappa shape index (κ2) is 3.38. The summed E-state index contributed by atoms with van der Waals surface area (Å²) < 4.78 is 0. The Hall–Kier alpha value is -1.04. The van der Waals surface area contributed by atoms with Gasteiger partial charge in [0.05, 0.1) is 5.97 Å². The summed E-state index contributed by atoms with van der Waals surface area (Å²) in [4.78, 5) is 13.9. The van der Waals surface area contributed by atoms with Gasteiger partial charge in [0, 0.05) is 5.75 Å². The number of aromatic nitrogens is 3. The molecule has 60 valence electrons. The fraction of sp³-hybridized carbons (Fsp3) is 0.400. The molecule has 1 aromatic heterocycles. The van der Waals surface area contributed by atoms with Crippen LogP contribution in [-0.4, -0.2) is 26.9 Å². The molecule has 0 saturated heterocycles. The smallest absolute Gasteiger partial charge is 0.208 e. The SMILES string of the molecule is Cc1nc(SCC(=O)[O-])n[nH]1. The maximum atomic E-state index is 9.98. The molecule has 0 saturated carbocycles. The molecule has 0 bridgehead atoms. The third-order valence-electron chi connectivity index (χ3n) is 0.896. The van der Waals surface area contributed by atoms with E-state index in [1.807, 2.05) is 0 Å². The van der Waals surface area contributed by atoms with Crippen LogP contribution in [0.5, 0.6) is 0 Å². The van der Waals surface area contributed by atoms with Crippen molar-refractivity contribution in [1.82, 2.24) is 15.2 Å².